The first-order valence-corrected chi connectivity index (χ1v) is 11.8. The number of hydrogen-bond acceptors (Lipinski definition) is 4. The Kier molecular flexibility index (Phi) is 6.42. The fourth-order valence-electron chi connectivity index (χ4n) is 4.61. The van der Waals surface area contributed by atoms with Crippen LogP contribution in [0, 0.1) is 18.8 Å². The van der Waals surface area contributed by atoms with Gasteiger partial charge in [-0.2, -0.15) is 0 Å². The summed E-state index contributed by atoms with van der Waals surface area (Å²) in [4.78, 5) is 27.8. The molecule has 2 N–H and O–H groups in total. The minimum Gasteiger partial charge on any atom is -0.513 e. The van der Waals surface area contributed by atoms with E-state index < -0.39 is 0 Å². The first-order valence-electron chi connectivity index (χ1n) is 11.0. The number of thiophene rings is 1. The Labute approximate surface area is 187 Å². The van der Waals surface area contributed by atoms with Gasteiger partial charge >= 0.3 is 0 Å². The Balaban J connectivity index is 1.61. The van der Waals surface area contributed by atoms with E-state index in [4.69, 9.17) is 0 Å². The summed E-state index contributed by atoms with van der Waals surface area (Å²) in [5.41, 5.74) is 3.96. The highest BCUT2D eigenvalue weighted by molar-refractivity contribution is 7.17. The van der Waals surface area contributed by atoms with Crippen molar-refractivity contribution in [3.05, 3.63) is 75.9 Å². The van der Waals surface area contributed by atoms with Crippen LogP contribution in [0.25, 0.3) is 0 Å². The number of amides is 1. The average Bonchev–Trinajstić information content (AvgIpc) is 3.13. The molecule has 0 spiro atoms. The third kappa shape index (κ3) is 4.67. The molecule has 4 nitrogen and oxygen atoms in total. The number of aryl methyl sites for hydroxylation is 2. The molecule has 0 fully saturated rings. The van der Waals surface area contributed by atoms with Gasteiger partial charge in [-0.3, -0.25) is 9.59 Å². The van der Waals surface area contributed by atoms with E-state index >= 15 is 0 Å². The van der Waals surface area contributed by atoms with E-state index in [1.54, 1.807) is 11.3 Å². The molecular formula is C26H29NO3S. The standard InChI is InChI=1S/C26H29NO3S/c1-16-11-13-18(14-12-16)15-22(29)24-21-9-5-6-10-23(21)31-26(24)27-25(30)20-8-4-3-7-19(20)17(2)28/h3-4,11-14,19-20,28H,2,5-10,15H2,1H3,(H,27,30). The van der Waals surface area contributed by atoms with Gasteiger partial charge in [-0.05, 0) is 56.6 Å². The van der Waals surface area contributed by atoms with Gasteiger partial charge in [-0.15, -0.1) is 11.3 Å². The summed E-state index contributed by atoms with van der Waals surface area (Å²) < 4.78 is 0. The molecule has 2 aliphatic rings. The number of aliphatic hydroxyl groups excluding tert-OH is 1. The minimum absolute atomic E-state index is 0.0469. The smallest absolute Gasteiger partial charge is 0.229 e. The molecule has 2 atom stereocenters. The topological polar surface area (TPSA) is 66.4 Å². The summed E-state index contributed by atoms with van der Waals surface area (Å²) in [6.45, 7) is 5.69. The number of fused-ring (bicyclic) bond motifs is 1. The zero-order chi connectivity index (χ0) is 22.0. The molecule has 1 aromatic carbocycles. The molecule has 0 bridgehead atoms. The van der Waals surface area contributed by atoms with Gasteiger partial charge in [-0.25, -0.2) is 0 Å². The summed E-state index contributed by atoms with van der Waals surface area (Å²) in [5.74, 6) is -0.698. The van der Waals surface area contributed by atoms with Gasteiger partial charge in [0.15, 0.2) is 5.78 Å². The number of carbonyl (C=O) groups excluding carboxylic acids is 2. The van der Waals surface area contributed by atoms with Crippen molar-refractivity contribution in [3.8, 4) is 0 Å². The van der Waals surface area contributed by atoms with Crippen molar-refractivity contribution in [3.63, 3.8) is 0 Å². The second-order valence-corrected chi connectivity index (χ2v) is 9.74. The van der Waals surface area contributed by atoms with E-state index in [0.29, 0.717) is 29.8 Å². The van der Waals surface area contributed by atoms with E-state index in [9.17, 15) is 14.7 Å². The van der Waals surface area contributed by atoms with E-state index in [2.05, 4.69) is 11.9 Å². The third-order valence-electron chi connectivity index (χ3n) is 6.37. The Morgan fingerprint density at radius 2 is 1.77 bits per heavy atom. The summed E-state index contributed by atoms with van der Waals surface area (Å²) in [5, 5.41) is 13.7. The molecule has 4 rings (SSSR count). The lowest BCUT2D eigenvalue weighted by atomic mass is 9.81. The highest BCUT2D eigenvalue weighted by Crippen LogP contribution is 2.40. The molecule has 0 aliphatic heterocycles. The van der Waals surface area contributed by atoms with Crippen LogP contribution in [0.1, 0.15) is 57.6 Å². The molecule has 0 radical (unpaired) electrons. The van der Waals surface area contributed by atoms with Crippen molar-refractivity contribution in [1.29, 1.82) is 0 Å². The SMILES string of the molecule is C=C(O)C1CC=CCC1C(=O)Nc1sc2c(c1C(=O)Cc1ccc(C)cc1)CCCC2. The summed E-state index contributed by atoms with van der Waals surface area (Å²) in [6, 6.07) is 8.03. The summed E-state index contributed by atoms with van der Waals surface area (Å²) in [7, 11) is 0. The van der Waals surface area contributed by atoms with Crippen LogP contribution in [0.3, 0.4) is 0 Å². The number of carbonyl (C=O) groups is 2. The van der Waals surface area contributed by atoms with Crippen molar-refractivity contribution < 1.29 is 14.7 Å². The van der Waals surface area contributed by atoms with Gasteiger partial charge in [0, 0.05) is 17.2 Å². The second kappa shape index (κ2) is 9.23. The maximum absolute atomic E-state index is 13.4. The van der Waals surface area contributed by atoms with E-state index in [1.807, 2.05) is 43.3 Å². The number of rotatable bonds is 6. The molecule has 2 unspecified atom stereocenters. The average molecular weight is 436 g/mol. The number of anilines is 1. The van der Waals surface area contributed by atoms with E-state index in [0.717, 1.165) is 36.8 Å². The lowest BCUT2D eigenvalue weighted by molar-refractivity contribution is -0.121. The molecule has 5 heteroatoms. The van der Waals surface area contributed by atoms with Crippen molar-refractivity contribution >= 4 is 28.0 Å². The monoisotopic (exact) mass is 435 g/mol. The number of Topliss-reactive ketones (excluding diaryl/α,β-unsaturated/α-hetero) is 1. The van der Waals surface area contributed by atoms with Gasteiger partial charge in [0.1, 0.15) is 5.00 Å². The predicted octanol–water partition coefficient (Wildman–Crippen LogP) is 5.95. The Hall–Kier alpha value is -2.66. The Morgan fingerprint density at radius 1 is 1.10 bits per heavy atom. The lowest BCUT2D eigenvalue weighted by Gasteiger charge is -2.26. The normalized spacial score (nSPS) is 20.2. The quantitative estimate of drug-likeness (QED) is 0.335. The van der Waals surface area contributed by atoms with Crippen LogP contribution in [0.2, 0.25) is 0 Å². The predicted molar refractivity (Wildman–Crippen MR) is 126 cm³/mol. The summed E-state index contributed by atoms with van der Waals surface area (Å²) >= 11 is 1.55. The van der Waals surface area contributed by atoms with Crippen molar-refractivity contribution in [2.24, 2.45) is 11.8 Å². The highest BCUT2D eigenvalue weighted by atomic mass is 32.1. The lowest BCUT2D eigenvalue weighted by Crippen LogP contribution is -2.31. The van der Waals surface area contributed by atoms with E-state index in [-0.39, 0.29) is 29.3 Å². The van der Waals surface area contributed by atoms with Crippen LogP contribution in [-0.4, -0.2) is 16.8 Å². The zero-order valence-electron chi connectivity index (χ0n) is 17.9. The molecule has 2 aliphatic carbocycles. The first kappa shape index (κ1) is 21.6. The van der Waals surface area contributed by atoms with Crippen LogP contribution >= 0.6 is 11.3 Å². The Bertz CT molecular complexity index is 1030. The van der Waals surface area contributed by atoms with Gasteiger partial charge in [-0.1, -0.05) is 48.6 Å². The maximum Gasteiger partial charge on any atom is 0.229 e. The second-order valence-electron chi connectivity index (χ2n) is 8.64. The van der Waals surface area contributed by atoms with Gasteiger partial charge in [0.05, 0.1) is 17.2 Å². The summed E-state index contributed by atoms with van der Waals surface area (Å²) in [6.07, 6.45) is 9.49. The fourth-order valence-corrected chi connectivity index (χ4v) is 5.92. The Morgan fingerprint density at radius 3 is 2.48 bits per heavy atom. The maximum atomic E-state index is 13.4. The molecule has 0 saturated carbocycles. The van der Waals surface area contributed by atoms with Crippen molar-refractivity contribution in [1.82, 2.24) is 0 Å². The number of aliphatic hydroxyl groups is 1. The molecule has 0 saturated heterocycles. The molecule has 2 aromatic rings. The van der Waals surface area contributed by atoms with Gasteiger partial charge < -0.3 is 10.4 Å². The van der Waals surface area contributed by atoms with Crippen LogP contribution < -0.4 is 5.32 Å². The molecule has 1 heterocycles. The van der Waals surface area contributed by atoms with Crippen LogP contribution in [0.5, 0.6) is 0 Å². The van der Waals surface area contributed by atoms with E-state index in [1.165, 1.54) is 10.4 Å². The number of nitrogens with one attached hydrogen (secondary N) is 1. The number of ketones is 1. The largest absolute Gasteiger partial charge is 0.513 e. The van der Waals surface area contributed by atoms with Crippen LogP contribution in [-0.2, 0) is 24.1 Å². The highest BCUT2D eigenvalue weighted by Gasteiger charge is 2.33. The number of benzene rings is 1. The van der Waals surface area contributed by atoms with Gasteiger partial charge in [0.2, 0.25) is 5.91 Å². The fraction of sp³-hybridized carbons (Fsp3) is 0.385. The molecular weight excluding hydrogens is 406 g/mol. The molecule has 162 valence electrons. The number of hydrogen-bond donors (Lipinski definition) is 2. The molecule has 1 aromatic heterocycles. The van der Waals surface area contributed by atoms with Crippen molar-refractivity contribution in [2.45, 2.75) is 51.9 Å². The number of allylic oxidation sites excluding steroid dienone is 3. The van der Waals surface area contributed by atoms with Crippen molar-refractivity contribution in [2.75, 3.05) is 5.32 Å². The molecule has 1 amide bonds. The first-order chi connectivity index (χ1) is 14.9. The van der Waals surface area contributed by atoms with Crippen LogP contribution in [0.4, 0.5) is 5.00 Å². The zero-order valence-corrected chi connectivity index (χ0v) is 18.8. The van der Waals surface area contributed by atoms with Crippen LogP contribution in [0.15, 0.2) is 48.8 Å². The third-order valence-corrected chi connectivity index (χ3v) is 7.58. The van der Waals surface area contributed by atoms with Gasteiger partial charge in [0.25, 0.3) is 0 Å². The minimum atomic E-state index is -0.373. The molecule has 31 heavy (non-hydrogen) atoms.